The van der Waals surface area contributed by atoms with Gasteiger partial charge in [0.1, 0.15) is 11.1 Å². The lowest BCUT2D eigenvalue weighted by molar-refractivity contribution is -0.115. The van der Waals surface area contributed by atoms with Gasteiger partial charge in [0.2, 0.25) is 11.8 Å². The molecule has 2 saturated heterocycles. The molecule has 0 aromatic heterocycles. The lowest BCUT2D eigenvalue weighted by Gasteiger charge is -2.33. The smallest absolute Gasteiger partial charge is 0.249 e. The third kappa shape index (κ3) is 1.97. The summed E-state index contributed by atoms with van der Waals surface area (Å²) in [6.45, 7) is 0. The fraction of sp³-hybridized carbons (Fsp3) is 0.900. The highest BCUT2D eigenvalue weighted by Crippen LogP contribution is 2.60. The van der Waals surface area contributed by atoms with E-state index >= 15 is 0 Å². The van der Waals surface area contributed by atoms with E-state index in [-0.39, 0.29) is 11.1 Å². The predicted molar refractivity (Wildman–Crippen MR) is 91.4 cm³/mol. The van der Waals surface area contributed by atoms with Crippen LogP contribution in [0.2, 0.25) is 0 Å². The molecular weight excluding hydrogens is 300 g/mol. The van der Waals surface area contributed by atoms with Crippen molar-refractivity contribution >= 4 is 11.8 Å². The molecule has 132 valence electrons. The first-order valence-corrected chi connectivity index (χ1v) is 10.4. The predicted octanol–water partition coefficient (Wildman–Crippen LogP) is 3.39. The summed E-state index contributed by atoms with van der Waals surface area (Å²) in [4.78, 5) is 30.0. The van der Waals surface area contributed by atoms with E-state index in [9.17, 15) is 9.59 Å². The van der Waals surface area contributed by atoms with Crippen LogP contribution in [0.4, 0.5) is 0 Å². The second-order valence-corrected chi connectivity index (χ2v) is 9.03. The maximum absolute atomic E-state index is 12.8. The summed E-state index contributed by atoms with van der Waals surface area (Å²) in [5.74, 6) is 0.744. The van der Waals surface area contributed by atoms with Crippen molar-refractivity contribution in [3.63, 3.8) is 0 Å². The molecule has 2 amide bonds. The molecule has 3 saturated carbocycles. The van der Waals surface area contributed by atoms with Crippen LogP contribution in [0.15, 0.2) is 0 Å². The molecule has 4 heteroatoms. The monoisotopic (exact) mass is 330 g/mol. The molecule has 0 radical (unpaired) electrons. The summed E-state index contributed by atoms with van der Waals surface area (Å²) in [5.41, 5.74) is -0.501. The Bertz CT molecular complexity index is 516. The highest BCUT2D eigenvalue weighted by atomic mass is 16.2. The van der Waals surface area contributed by atoms with Gasteiger partial charge in [-0.2, -0.15) is 0 Å². The van der Waals surface area contributed by atoms with E-state index in [1.165, 1.54) is 64.2 Å². The van der Waals surface area contributed by atoms with Gasteiger partial charge in [0.25, 0.3) is 0 Å². The van der Waals surface area contributed by atoms with E-state index < -0.39 is 0 Å². The van der Waals surface area contributed by atoms with Crippen LogP contribution >= 0.6 is 0 Å². The normalized spacial score (nSPS) is 40.7. The van der Waals surface area contributed by atoms with E-state index in [4.69, 9.17) is 0 Å². The number of nitrogens with zero attached hydrogens (tertiary/aromatic N) is 2. The Labute approximate surface area is 144 Å². The van der Waals surface area contributed by atoms with Crippen LogP contribution in [-0.4, -0.2) is 44.8 Å². The number of hydrogen-bond donors (Lipinski definition) is 0. The molecule has 5 aliphatic rings. The molecule has 2 atom stereocenters. The van der Waals surface area contributed by atoms with Crippen molar-refractivity contribution in [3.8, 4) is 0 Å². The maximum atomic E-state index is 12.8. The van der Waals surface area contributed by atoms with Gasteiger partial charge in [-0.3, -0.25) is 9.59 Å². The number of amides is 2. The molecule has 0 N–H and O–H groups in total. The standard InChI is InChI=1S/C20H30N2O2/c23-17-19(21(17)15-8-3-1-4-9-15)12-7-13-20(14-19)18(24)22(20)16-10-5-2-6-11-16/h15-16H,1-14H2. The minimum atomic E-state index is -0.251. The Hall–Kier alpha value is -1.06. The molecule has 0 aromatic rings. The van der Waals surface area contributed by atoms with E-state index in [2.05, 4.69) is 9.80 Å². The second-order valence-electron chi connectivity index (χ2n) is 9.03. The van der Waals surface area contributed by atoms with Gasteiger partial charge in [-0.05, 0) is 44.9 Å². The van der Waals surface area contributed by atoms with Crippen molar-refractivity contribution in [1.82, 2.24) is 9.80 Å². The fourth-order valence-corrected chi connectivity index (χ4v) is 6.45. The summed E-state index contributed by atoms with van der Waals surface area (Å²) >= 11 is 0. The fourth-order valence-electron chi connectivity index (χ4n) is 6.45. The van der Waals surface area contributed by atoms with Crippen LogP contribution < -0.4 is 0 Å². The zero-order chi connectivity index (χ0) is 16.4. The molecule has 2 aliphatic heterocycles. The quantitative estimate of drug-likeness (QED) is 0.728. The molecule has 0 aromatic carbocycles. The molecule has 24 heavy (non-hydrogen) atoms. The zero-order valence-electron chi connectivity index (χ0n) is 14.8. The van der Waals surface area contributed by atoms with Gasteiger partial charge in [-0.25, -0.2) is 0 Å². The SMILES string of the molecule is O=C1N(C2CCCCC2)C12CCCC1(C2)C(=O)N1C1CCCCC1. The van der Waals surface area contributed by atoms with Crippen LogP contribution in [0, 0.1) is 0 Å². The molecule has 2 unspecified atom stereocenters. The van der Waals surface area contributed by atoms with Gasteiger partial charge in [0.15, 0.2) is 0 Å². The van der Waals surface area contributed by atoms with Gasteiger partial charge in [0.05, 0.1) is 0 Å². The number of hydrogen-bond acceptors (Lipinski definition) is 2. The highest BCUT2D eigenvalue weighted by Gasteiger charge is 2.76. The van der Waals surface area contributed by atoms with Crippen molar-refractivity contribution in [1.29, 1.82) is 0 Å². The van der Waals surface area contributed by atoms with E-state index in [1.807, 2.05) is 0 Å². The number of carbonyl (C=O) groups excluding carboxylic acids is 2. The van der Waals surface area contributed by atoms with E-state index in [0.717, 1.165) is 25.7 Å². The highest BCUT2D eigenvalue weighted by molar-refractivity contribution is 6.08. The van der Waals surface area contributed by atoms with Crippen LogP contribution in [0.3, 0.4) is 0 Å². The lowest BCUT2D eigenvalue weighted by Crippen LogP contribution is -2.40. The minimum absolute atomic E-state index is 0.251. The summed E-state index contributed by atoms with van der Waals surface area (Å²) in [5, 5.41) is 0. The van der Waals surface area contributed by atoms with Gasteiger partial charge < -0.3 is 9.80 Å². The molecule has 0 bridgehead atoms. The second kappa shape index (κ2) is 5.22. The number of rotatable bonds is 2. The Balaban J connectivity index is 1.34. The Morgan fingerprint density at radius 1 is 0.625 bits per heavy atom. The van der Waals surface area contributed by atoms with Crippen molar-refractivity contribution in [2.24, 2.45) is 0 Å². The summed E-state index contributed by atoms with van der Waals surface area (Å²) < 4.78 is 0. The van der Waals surface area contributed by atoms with Gasteiger partial charge in [-0.1, -0.05) is 38.5 Å². The third-order valence-corrected chi connectivity index (χ3v) is 7.70. The Morgan fingerprint density at radius 2 is 1.04 bits per heavy atom. The topological polar surface area (TPSA) is 40.2 Å². The number of carbonyl (C=O) groups is 2. The molecule has 2 spiro atoms. The molecule has 3 aliphatic carbocycles. The largest absolute Gasteiger partial charge is 0.323 e. The molecular formula is C20H30N2O2. The lowest BCUT2D eigenvalue weighted by atomic mass is 9.79. The molecule has 5 rings (SSSR count). The summed E-state index contributed by atoms with van der Waals surface area (Å²) in [6, 6.07) is 0.941. The first-order valence-electron chi connectivity index (χ1n) is 10.4. The van der Waals surface area contributed by atoms with Crippen LogP contribution in [0.1, 0.15) is 89.9 Å². The molecule has 2 heterocycles. The van der Waals surface area contributed by atoms with Crippen molar-refractivity contribution < 1.29 is 9.59 Å². The summed E-state index contributed by atoms with van der Waals surface area (Å²) in [7, 11) is 0. The zero-order valence-corrected chi connectivity index (χ0v) is 14.8. The summed E-state index contributed by atoms with van der Waals surface area (Å²) in [6.07, 6.45) is 16.3. The van der Waals surface area contributed by atoms with Gasteiger partial charge >= 0.3 is 0 Å². The van der Waals surface area contributed by atoms with Crippen LogP contribution in [-0.2, 0) is 9.59 Å². The average molecular weight is 330 g/mol. The molecule has 4 nitrogen and oxygen atoms in total. The first kappa shape index (κ1) is 15.2. The van der Waals surface area contributed by atoms with Crippen molar-refractivity contribution in [2.75, 3.05) is 0 Å². The van der Waals surface area contributed by atoms with Gasteiger partial charge in [0, 0.05) is 18.5 Å². The minimum Gasteiger partial charge on any atom is -0.323 e. The Morgan fingerprint density at radius 3 is 1.46 bits per heavy atom. The van der Waals surface area contributed by atoms with Crippen molar-refractivity contribution in [3.05, 3.63) is 0 Å². The van der Waals surface area contributed by atoms with Crippen LogP contribution in [0.5, 0.6) is 0 Å². The third-order valence-electron chi connectivity index (χ3n) is 7.70. The van der Waals surface area contributed by atoms with Gasteiger partial charge in [-0.15, -0.1) is 0 Å². The van der Waals surface area contributed by atoms with Crippen LogP contribution in [0.25, 0.3) is 0 Å². The average Bonchev–Trinajstić information content (AvgIpc) is 3.39. The maximum Gasteiger partial charge on any atom is 0.249 e. The first-order chi connectivity index (χ1) is 11.7. The Kier molecular flexibility index (Phi) is 3.31. The van der Waals surface area contributed by atoms with Crippen molar-refractivity contribution in [2.45, 2.75) is 113 Å². The van der Waals surface area contributed by atoms with E-state index in [0.29, 0.717) is 23.9 Å². The molecule has 5 fully saturated rings. The van der Waals surface area contributed by atoms with E-state index in [1.54, 1.807) is 0 Å².